The SMILES string of the molecule is CC(NC(=O)c1ccc(S(=O)(=O)C2CC2)s1)c1nc(-c2ccnc(C3CC3)c2)no1. The number of nitrogens with one attached hydrogen (secondary N) is 1. The predicted molar refractivity (Wildman–Crippen MR) is 110 cm³/mol. The first-order valence-electron chi connectivity index (χ1n) is 9.86. The van der Waals surface area contributed by atoms with Crippen molar-refractivity contribution < 1.29 is 17.7 Å². The van der Waals surface area contributed by atoms with Crippen LogP contribution < -0.4 is 5.32 Å². The van der Waals surface area contributed by atoms with Crippen LogP contribution in [0.3, 0.4) is 0 Å². The Hall–Kier alpha value is -2.59. The van der Waals surface area contributed by atoms with Gasteiger partial charge in [0.15, 0.2) is 9.84 Å². The highest BCUT2D eigenvalue weighted by molar-refractivity contribution is 7.94. The largest absolute Gasteiger partial charge is 0.340 e. The molecule has 30 heavy (non-hydrogen) atoms. The van der Waals surface area contributed by atoms with Crippen molar-refractivity contribution >= 4 is 27.1 Å². The molecule has 3 heterocycles. The van der Waals surface area contributed by atoms with Gasteiger partial charge in [-0.25, -0.2) is 8.42 Å². The highest BCUT2D eigenvalue weighted by atomic mass is 32.2. The predicted octanol–water partition coefficient (Wildman–Crippen LogP) is 3.50. The summed E-state index contributed by atoms with van der Waals surface area (Å²) in [5.41, 5.74) is 1.86. The Bertz CT molecular complexity index is 1210. The molecule has 0 spiro atoms. The Kier molecular flexibility index (Phi) is 4.70. The molecule has 10 heteroatoms. The van der Waals surface area contributed by atoms with E-state index in [1.165, 1.54) is 12.1 Å². The molecule has 3 aromatic rings. The maximum Gasteiger partial charge on any atom is 0.262 e. The normalized spacial score (nSPS) is 17.6. The van der Waals surface area contributed by atoms with Gasteiger partial charge in [0.05, 0.1) is 10.1 Å². The average molecular weight is 445 g/mol. The molecule has 2 aliphatic carbocycles. The van der Waals surface area contributed by atoms with Gasteiger partial charge in [-0.05, 0) is 56.9 Å². The zero-order valence-electron chi connectivity index (χ0n) is 16.2. The third kappa shape index (κ3) is 3.77. The first kappa shape index (κ1) is 19.4. The molecule has 0 aromatic carbocycles. The molecule has 0 aliphatic heterocycles. The number of aromatic nitrogens is 3. The molecular formula is C20H20N4O4S2. The lowest BCUT2D eigenvalue weighted by atomic mass is 10.2. The molecule has 1 amide bonds. The van der Waals surface area contributed by atoms with Crippen LogP contribution in [0.4, 0.5) is 0 Å². The van der Waals surface area contributed by atoms with Crippen LogP contribution >= 0.6 is 11.3 Å². The van der Waals surface area contributed by atoms with Crippen LogP contribution in [0.1, 0.15) is 65.8 Å². The van der Waals surface area contributed by atoms with Crippen molar-refractivity contribution in [2.24, 2.45) is 0 Å². The van der Waals surface area contributed by atoms with E-state index in [1.54, 1.807) is 13.1 Å². The number of thiophene rings is 1. The van der Waals surface area contributed by atoms with Crippen molar-refractivity contribution in [1.29, 1.82) is 0 Å². The van der Waals surface area contributed by atoms with Crippen molar-refractivity contribution in [2.45, 2.75) is 54.0 Å². The van der Waals surface area contributed by atoms with Crippen molar-refractivity contribution in [2.75, 3.05) is 0 Å². The summed E-state index contributed by atoms with van der Waals surface area (Å²) in [5.74, 6) is 0.883. The van der Waals surface area contributed by atoms with Gasteiger partial charge in [0.2, 0.25) is 11.7 Å². The molecule has 5 rings (SSSR count). The molecule has 1 atom stereocenters. The van der Waals surface area contributed by atoms with Crippen LogP contribution in [0.25, 0.3) is 11.4 Å². The Balaban J connectivity index is 1.28. The van der Waals surface area contributed by atoms with E-state index in [-0.39, 0.29) is 21.3 Å². The molecule has 2 saturated carbocycles. The summed E-state index contributed by atoms with van der Waals surface area (Å²) >= 11 is 0.992. The van der Waals surface area contributed by atoms with E-state index in [0.717, 1.165) is 35.4 Å². The quantitative estimate of drug-likeness (QED) is 0.593. The molecule has 2 aliphatic rings. The standard InChI is InChI=1S/C20H20N4O4S2/c1-11(22-19(25)16-6-7-17(29-16)30(26,27)14-4-5-14)20-23-18(24-28-20)13-8-9-21-15(10-13)12-2-3-12/h6-12,14H,2-5H2,1H3,(H,22,25). The summed E-state index contributed by atoms with van der Waals surface area (Å²) in [5, 5.41) is 6.53. The van der Waals surface area contributed by atoms with Crippen LogP contribution in [0.15, 0.2) is 39.2 Å². The average Bonchev–Trinajstić information content (AvgIpc) is 3.66. The van der Waals surface area contributed by atoms with Crippen LogP contribution in [0.5, 0.6) is 0 Å². The third-order valence-corrected chi connectivity index (χ3v) is 9.12. The molecular weight excluding hydrogens is 424 g/mol. The minimum atomic E-state index is -3.30. The minimum absolute atomic E-state index is 0.243. The first-order chi connectivity index (χ1) is 14.4. The van der Waals surface area contributed by atoms with Gasteiger partial charge in [-0.3, -0.25) is 9.78 Å². The van der Waals surface area contributed by atoms with E-state index < -0.39 is 15.9 Å². The summed E-state index contributed by atoms with van der Waals surface area (Å²) in [7, 11) is -3.30. The second kappa shape index (κ2) is 7.28. The van der Waals surface area contributed by atoms with Gasteiger partial charge in [-0.15, -0.1) is 11.3 Å². The highest BCUT2D eigenvalue weighted by Crippen LogP contribution is 2.40. The Morgan fingerprint density at radius 1 is 1.23 bits per heavy atom. The monoisotopic (exact) mass is 444 g/mol. The van der Waals surface area contributed by atoms with Gasteiger partial charge in [0, 0.05) is 23.4 Å². The van der Waals surface area contributed by atoms with Crippen molar-refractivity contribution in [1.82, 2.24) is 20.4 Å². The number of carbonyl (C=O) groups excluding carboxylic acids is 1. The fourth-order valence-electron chi connectivity index (χ4n) is 3.19. The number of carbonyl (C=O) groups is 1. The number of hydrogen-bond acceptors (Lipinski definition) is 8. The molecule has 2 fully saturated rings. The number of rotatable bonds is 7. The van der Waals surface area contributed by atoms with E-state index in [9.17, 15) is 13.2 Å². The van der Waals surface area contributed by atoms with Gasteiger partial charge in [0.1, 0.15) is 10.3 Å². The van der Waals surface area contributed by atoms with Crippen molar-refractivity contribution in [3.05, 3.63) is 46.9 Å². The Morgan fingerprint density at radius 2 is 2.03 bits per heavy atom. The molecule has 3 aromatic heterocycles. The second-order valence-corrected chi connectivity index (χ2v) is 11.3. The zero-order chi connectivity index (χ0) is 20.9. The lowest BCUT2D eigenvalue weighted by Gasteiger charge is -2.08. The zero-order valence-corrected chi connectivity index (χ0v) is 17.9. The van der Waals surface area contributed by atoms with E-state index in [1.807, 2.05) is 12.1 Å². The van der Waals surface area contributed by atoms with Crippen LogP contribution in [-0.2, 0) is 9.84 Å². The van der Waals surface area contributed by atoms with E-state index in [4.69, 9.17) is 4.52 Å². The summed E-state index contributed by atoms with van der Waals surface area (Å²) in [6.45, 7) is 1.74. The summed E-state index contributed by atoms with van der Waals surface area (Å²) < 4.78 is 30.2. The van der Waals surface area contributed by atoms with Gasteiger partial charge < -0.3 is 9.84 Å². The van der Waals surface area contributed by atoms with Crippen molar-refractivity contribution in [3.8, 4) is 11.4 Å². The molecule has 0 saturated heterocycles. The maximum absolute atomic E-state index is 12.6. The van der Waals surface area contributed by atoms with Crippen LogP contribution in [0, 0.1) is 0 Å². The van der Waals surface area contributed by atoms with E-state index in [0.29, 0.717) is 29.5 Å². The summed E-state index contributed by atoms with van der Waals surface area (Å²) in [6.07, 6.45) is 5.44. The fourth-order valence-corrected chi connectivity index (χ4v) is 6.31. The Morgan fingerprint density at radius 3 is 2.77 bits per heavy atom. The third-order valence-electron chi connectivity index (χ3n) is 5.24. The van der Waals surface area contributed by atoms with Gasteiger partial charge in [-0.2, -0.15) is 4.98 Å². The summed E-state index contributed by atoms with van der Waals surface area (Å²) in [4.78, 5) is 21.7. The van der Waals surface area contributed by atoms with E-state index in [2.05, 4.69) is 20.4 Å². The maximum atomic E-state index is 12.6. The molecule has 0 bridgehead atoms. The second-order valence-electron chi connectivity index (χ2n) is 7.76. The number of nitrogens with zero attached hydrogens (tertiary/aromatic N) is 3. The van der Waals surface area contributed by atoms with Crippen LogP contribution in [0.2, 0.25) is 0 Å². The number of sulfone groups is 1. The van der Waals surface area contributed by atoms with E-state index >= 15 is 0 Å². The topological polar surface area (TPSA) is 115 Å². The number of pyridine rings is 1. The Labute approximate surface area is 177 Å². The van der Waals surface area contributed by atoms with Crippen molar-refractivity contribution in [3.63, 3.8) is 0 Å². The van der Waals surface area contributed by atoms with Gasteiger partial charge in [-0.1, -0.05) is 5.16 Å². The van der Waals surface area contributed by atoms with Crippen LogP contribution in [-0.4, -0.2) is 34.7 Å². The summed E-state index contributed by atoms with van der Waals surface area (Å²) in [6, 6.07) is 6.33. The van der Waals surface area contributed by atoms with Gasteiger partial charge >= 0.3 is 0 Å². The number of amides is 1. The highest BCUT2D eigenvalue weighted by Gasteiger charge is 2.38. The number of hydrogen-bond donors (Lipinski definition) is 1. The molecule has 1 unspecified atom stereocenters. The lowest BCUT2D eigenvalue weighted by molar-refractivity contribution is 0.0936. The van der Waals surface area contributed by atoms with Gasteiger partial charge in [0.25, 0.3) is 5.91 Å². The molecule has 0 radical (unpaired) electrons. The molecule has 1 N–H and O–H groups in total. The molecule has 8 nitrogen and oxygen atoms in total. The fraction of sp³-hybridized carbons (Fsp3) is 0.400. The lowest BCUT2D eigenvalue weighted by Crippen LogP contribution is -2.26. The molecule has 156 valence electrons. The smallest absolute Gasteiger partial charge is 0.262 e. The first-order valence-corrected chi connectivity index (χ1v) is 12.2. The minimum Gasteiger partial charge on any atom is -0.340 e.